The molecule has 4 heteroatoms. The molecular formula is C13H20BrFN2. The van der Waals surface area contributed by atoms with Gasteiger partial charge in [0.25, 0.3) is 0 Å². The van der Waals surface area contributed by atoms with E-state index in [9.17, 15) is 4.39 Å². The molecule has 0 aromatic heterocycles. The van der Waals surface area contributed by atoms with Gasteiger partial charge in [-0.15, -0.1) is 0 Å². The van der Waals surface area contributed by atoms with Crippen LogP contribution in [0.15, 0.2) is 22.7 Å². The molecule has 0 spiro atoms. The van der Waals surface area contributed by atoms with Gasteiger partial charge in [0.15, 0.2) is 0 Å². The molecule has 0 aliphatic carbocycles. The standard InChI is InChI=1S/C13H20BrFN2/c1-9(17(3)4)8-16-10(2)12-7-11(14)5-6-13(12)15/h5-7,9-10,16H,8H2,1-4H3. The van der Waals surface area contributed by atoms with Crippen molar-refractivity contribution in [3.63, 3.8) is 0 Å². The maximum absolute atomic E-state index is 13.6. The van der Waals surface area contributed by atoms with E-state index in [1.54, 1.807) is 6.07 Å². The molecule has 17 heavy (non-hydrogen) atoms. The third-order valence-corrected chi connectivity index (χ3v) is 3.52. The van der Waals surface area contributed by atoms with Gasteiger partial charge in [-0.1, -0.05) is 15.9 Å². The van der Waals surface area contributed by atoms with Gasteiger partial charge < -0.3 is 10.2 Å². The lowest BCUT2D eigenvalue weighted by molar-refractivity contribution is 0.295. The van der Waals surface area contributed by atoms with Crippen LogP contribution in [0.25, 0.3) is 0 Å². The Morgan fingerprint density at radius 2 is 2.00 bits per heavy atom. The maximum Gasteiger partial charge on any atom is 0.128 e. The molecule has 1 aromatic rings. The van der Waals surface area contributed by atoms with Crippen LogP contribution in [-0.4, -0.2) is 31.6 Å². The van der Waals surface area contributed by atoms with Crippen molar-refractivity contribution in [3.8, 4) is 0 Å². The summed E-state index contributed by atoms with van der Waals surface area (Å²) in [6.45, 7) is 4.95. The summed E-state index contributed by atoms with van der Waals surface area (Å²) in [6, 6.07) is 5.47. The minimum atomic E-state index is -0.161. The van der Waals surface area contributed by atoms with E-state index in [2.05, 4.69) is 33.1 Å². The third-order valence-electron chi connectivity index (χ3n) is 3.03. The van der Waals surface area contributed by atoms with Gasteiger partial charge >= 0.3 is 0 Å². The average molecular weight is 303 g/mol. The Kier molecular flexibility index (Phi) is 5.56. The Bertz CT molecular complexity index is 368. The molecule has 2 unspecified atom stereocenters. The summed E-state index contributed by atoms with van der Waals surface area (Å²) in [7, 11) is 4.08. The second-order valence-electron chi connectivity index (χ2n) is 4.61. The summed E-state index contributed by atoms with van der Waals surface area (Å²) in [5.41, 5.74) is 0.699. The number of rotatable bonds is 5. The second-order valence-corrected chi connectivity index (χ2v) is 5.52. The van der Waals surface area contributed by atoms with Crippen LogP contribution >= 0.6 is 15.9 Å². The van der Waals surface area contributed by atoms with Crippen molar-refractivity contribution in [1.29, 1.82) is 0 Å². The van der Waals surface area contributed by atoms with Crippen LogP contribution in [0.5, 0.6) is 0 Å². The average Bonchev–Trinajstić information content (AvgIpc) is 2.28. The molecule has 1 aromatic carbocycles. The fourth-order valence-electron chi connectivity index (χ4n) is 1.49. The molecule has 0 fully saturated rings. The molecule has 0 aliphatic heterocycles. The second kappa shape index (κ2) is 6.47. The molecule has 0 amide bonds. The van der Waals surface area contributed by atoms with Crippen molar-refractivity contribution < 1.29 is 4.39 Å². The van der Waals surface area contributed by atoms with Gasteiger partial charge in [-0.3, -0.25) is 0 Å². The van der Waals surface area contributed by atoms with E-state index in [0.717, 1.165) is 11.0 Å². The van der Waals surface area contributed by atoms with E-state index in [1.807, 2.05) is 27.1 Å². The summed E-state index contributed by atoms with van der Waals surface area (Å²) >= 11 is 3.37. The van der Waals surface area contributed by atoms with Crippen LogP contribution < -0.4 is 5.32 Å². The maximum atomic E-state index is 13.6. The lowest BCUT2D eigenvalue weighted by Crippen LogP contribution is -2.36. The molecule has 2 atom stereocenters. The first kappa shape index (κ1) is 14.6. The Balaban J connectivity index is 2.63. The summed E-state index contributed by atoms with van der Waals surface area (Å²) in [5, 5.41) is 3.35. The number of nitrogens with zero attached hydrogens (tertiary/aromatic N) is 1. The van der Waals surface area contributed by atoms with Gasteiger partial charge in [0.05, 0.1) is 0 Å². The molecule has 0 heterocycles. The first-order valence-electron chi connectivity index (χ1n) is 5.76. The fourth-order valence-corrected chi connectivity index (χ4v) is 1.87. The summed E-state index contributed by atoms with van der Waals surface area (Å²) in [4.78, 5) is 2.14. The first-order valence-corrected chi connectivity index (χ1v) is 6.56. The summed E-state index contributed by atoms with van der Waals surface area (Å²) in [5.74, 6) is -0.161. The lowest BCUT2D eigenvalue weighted by Gasteiger charge is -2.23. The number of hydrogen-bond acceptors (Lipinski definition) is 2. The van der Waals surface area contributed by atoms with Crippen molar-refractivity contribution >= 4 is 15.9 Å². The molecule has 1 N–H and O–H groups in total. The molecule has 2 nitrogen and oxygen atoms in total. The van der Waals surface area contributed by atoms with E-state index < -0.39 is 0 Å². The van der Waals surface area contributed by atoms with Crippen molar-refractivity contribution in [3.05, 3.63) is 34.1 Å². The highest BCUT2D eigenvalue weighted by Gasteiger charge is 2.12. The molecule has 1 rings (SSSR count). The number of nitrogens with one attached hydrogen (secondary N) is 1. The minimum absolute atomic E-state index is 0.00917. The topological polar surface area (TPSA) is 15.3 Å². The van der Waals surface area contributed by atoms with Crippen LogP contribution in [0.1, 0.15) is 25.5 Å². The zero-order chi connectivity index (χ0) is 13.0. The van der Waals surface area contributed by atoms with E-state index >= 15 is 0 Å². The van der Waals surface area contributed by atoms with Gasteiger partial charge in [-0.05, 0) is 46.1 Å². The number of benzene rings is 1. The van der Waals surface area contributed by atoms with Gasteiger partial charge in [0.2, 0.25) is 0 Å². The predicted octanol–water partition coefficient (Wildman–Crippen LogP) is 3.19. The van der Waals surface area contributed by atoms with E-state index in [4.69, 9.17) is 0 Å². The molecule has 0 bridgehead atoms. The van der Waals surface area contributed by atoms with Gasteiger partial charge in [0.1, 0.15) is 5.82 Å². The van der Waals surface area contributed by atoms with Crippen LogP contribution in [-0.2, 0) is 0 Å². The Morgan fingerprint density at radius 1 is 1.35 bits per heavy atom. The minimum Gasteiger partial charge on any atom is -0.309 e. The normalized spacial score (nSPS) is 15.0. The molecule has 0 radical (unpaired) electrons. The van der Waals surface area contributed by atoms with E-state index in [1.165, 1.54) is 6.07 Å². The van der Waals surface area contributed by atoms with Crippen molar-refractivity contribution in [1.82, 2.24) is 10.2 Å². The predicted molar refractivity (Wildman–Crippen MR) is 73.7 cm³/mol. The molecule has 96 valence electrons. The number of halogens is 2. The lowest BCUT2D eigenvalue weighted by atomic mass is 10.1. The Morgan fingerprint density at radius 3 is 2.59 bits per heavy atom. The van der Waals surface area contributed by atoms with Crippen LogP contribution in [0.3, 0.4) is 0 Å². The number of likely N-dealkylation sites (N-methyl/N-ethyl adjacent to an activating group) is 1. The van der Waals surface area contributed by atoms with Crippen molar-refractivity contribution in [2.45, 2.75) is 25.9 Å². The fraction of sp³-hybridized carbons (Fsp3) is 0.538. The zero-order valence-electron chi connectivity index (χ0n) is 10.8. The molecular weight excluding hydrogens is 283 g/mol. The van der Waals surface area contributed by atoms with Gasteiger partial charge in [0, 0.05) is 28.7 Å². The van der Waals surface area contributed by atoms with Crippen LogP contribution in [0, 0.1) is 5.82 Å². The number of hydrogen-bond donors (Lipinski definition) is 1. The summed E-state index contributed by atoms with van der Waals surface area (Å²) in [6.07, 6.45) is 0. The largest absolute Gasteiger partial charge is 0.309 e. The van der Waals surface area contributed by atoms with Gasteiger partial charge in [-0.25, -0.2) is 4.39 Å². The Hall–Kier alpha value is -0.450. The first-order chi connectivity index (χ1) is 7.91. The van der Waals surface area contributed by atoms with E-state index in [0.29, 0.717) is 11.6 Å². The van der Waals surface area contributed by atoms with Gasteiger partial charge in [-0.2, -0.15) is 0 Å². The third kappa shape index (κ3) is 4.37. The van der Waals surface area contributed by atoms with E-state index in [-0.39, 0.29) is 11.9 Å². The smallest absolute Gasteiger partial charge is 0.128 e. The van der Waals surface area contributed by atoms with Crippen molar-refractivity contribution in [2.24, 2.45) is 0 Å². The Labute approximate surface area is 111 Å². The molecule has 0 aliphatic rings. The quantitative estimate of drug-likeness (QED) is 0.898. The SMILES string of the molecule is CC(NCC(C)N(C)C)c1cc(Br)ccc1F. The zero-order valence-corrected chi connectivity index (χ0v) is 12.4. The van der Waals surface area contributed by atoms with Crippen LogP contribution in [0.2, 0.25) is 0 Å². The highest BCUT2D eigenvalue weighted by molar-refractivity contribution is 9.10. The molecule has 0 saturated heterocycles. The highest BCUT2D eigenvalue weighted by atomic mass is 79.9. The van der Waals surface area contributed by atoms with Crippen LogP contribution in [0.4, 0.5) is 4.39 Å². The molecule has 0 saturated carbocycles. The summed E-state index contributed by atoms with van der Waals surface area (Å²) < 4.78 is 14.5. The van der Waals surface area contributed by atoms with Crippen molar-refractivity contribution in [2.75, 3.05) is 20.6 Å². The highest BCUT2D eigenvalue weighted by Crippen LogP contribution is 2.21. The monoisotopic (exact) mass is 302 g/mol.